The smallest absolute Gasteiger partial charge is 0.189 e. The molecule has 1 aromatic heterocycles. The van der Waals surface area contributed by atoms with E-state index < -0.39 is 0 Å². The molecule has 0 atom stereocenters. The molecule has 0 amide bonds. The Balaban J connectivity index is 2.15. The van der Waals surface area contributed by atoms with Crippen LogP contribution in [0.1, 0.15) is 6.42 Å². The molecule has 2 aromatic rings. The van der Waals surface area contributed by atoms with Crippen LogP contribution >= 0.6 is 0 Å². The van der Waals surface area contributed by atoms with E-state index in [-0.39, 0.29) is 5.82 Å². The molecule has 1 aromatic carbocycles. The van der Waals surface area contributed by atoms with E-state index in [1.54, 1.807) is 18.3 Å². The van der Waals surface area contributed by atoms with Crippen LogP contribution in [0.25, 0.3) is 11.3 Å². The zero-order valence-electron chi connectivity index (χ0n) is 9.32. The Morgan fingerprint density at radius 2 is 2.06 bits per heavy atom. The minimum atomic E-state index is -0.272. The monoisotopic (exact) mass is 235 g/mol. The molecule has 17 heavy (non-hydrogen) atoms. The van der Waals surface area contributed by atoms with Crippen LogP contribution in [0.15, 0.2) is 35.0 Å². The highest BCUT2D eigenvalue weighted by Crippen LogP contribution is 2.27. The van der Waals surface area contributed by atoms with E-state index in [2.05, 4.69) is 10.5 Å². The maximum atomic E-state index is 12.8. The molecule has 0 aliphatic rings. The fraction of sp³-hybridized carbons (Fsp3) is 0.250. The Morgan fingerprint density at radius 3 is 2.76 bits per heavy atom. The second-order valence-electron chi connectivity index (χ2n) is 3.64. The Labute approximate surface area is 98.6 Å². The lowest BCUT2D eigenvalue weighted by molar-refractivity contribution is 0.432. The van der Waals surface area contributed by atoms with Crippen molar-refractivity contribution in [1.82, 2.24) is 5.16 Å². The largest absolute Gasteiger partial charge is 0.381 e. The van der Waals surface area contributed by atoms with Crippen LogP contribution in [-0.2, 0) is 0 Å². The Hall–Kier alpha value is -1.88. The molecular weight excluding hydrogens is 221 g/mol. The summed E-state index contributed by atoms with van der Waals surface area (Å²) in [6.45, 7) is 1.38. The van der Waals surface area contributed by atoms with Crippen molar-refractivity contribution < 1.29 is 8.91 Å². The molecule has 2 rings (SSSR count). The molecule has 0 aliphatic carbocycles. The average Bonchev–Trinajstić information content (AvgIpc) is 2.79. The van der Waals surface area contributed by atoms with Crippen molar-refractivity contribution in [3.63, 3.8) is 0 Å². The number of hydrogen-bond acceptors (Lipinski definition) is 4. The normalized spacial score (nSPS) is 10.5. The number of nitrogens with zero attached hydrogens (tertiary/aromatic N) is 1. The fourth-order valence-corrected chi connectivity index (χ4v) is 1.50. The van der Waals surface area contributed by atoms with Gasteiger partial charge in [0, 0.05) is 12.1 Å². The van der Waals surface area contributed by atoms with E-state index in [9.17, 15) is 4.39 Å². The third-order valence-corrected chi connectivity index (χ3v) is 2.37. The highest BCUT2D eigenvalue weighted by molar-refractivity contribution is 5.71. The molecule has 0 saturated heterocycles. The van der Waals surface area contributed by atoms with Crippen LogP contribution in [0.5, 0.6) is 0 Å². The maximum absolute atomic E-state index is 12.8. The van der Waals surface area contributed by atoms with E-state index >= 15 is 0 Å². The van der Waals surface area contributed by atoms with Crippen molar-refractivity contribution in [3.05, 3.63) is 36.3 Å². The number of rotatable bonds is 5. The van der Waals surface area contributed by atoms with Gasteiger partial charge in [-0.05, 0) is 37.2 Å². The third kappa shape index (κ3) is 2.82. The van der Waals surface area contributed by atoms with Gasteiger partial charge in [-0.3, -0.25) is 0 Å². The molecule has 0 saturated carbocycles. The third-order valence-electron chi connectivity index (χ3n) is 2.37. The fourth-order valence-electron chi connectivity index (χ4n) is 1.50. The molecular formula is C12H14FN3O. The number of nitrogens with one attached hydrogen (secondary N) is 1. The first-order valence-electron chi connectivity index (χ1n) is 5.46. The molecule has 0 radical (unpaired) electrons. The van der Waals surface area contributed by atoms with Gasteiger partial charge in [0.25, 0.3) is 0 Å². The second-order valence-corrected chi connectivity index (χ2v) is 3.64. The van der Waals surface area contributed by atoms with E-state index in [1.807, 2.05) is 0 Å². The lowest BCUT2D eigenvalue weighted by Gasteiger charge is -2.04. The Morgan fingerprint density at radius 1 is 1.29 bits per heavy atom. The Kier molecular flexibility index (Phi) is 3.72. The van der Waals surface area contributed by atoms with Crippen molar-refractivity contribution in [2.24, 2.45) is 5.73 Å². The average molecular weight is 235 g/mol. The number of halogens is 1. The predicted octanol–water partition coefficient (Wildman–Crippen LogP) is 2.24. The van der Waals surface area contributed by atoms with Crippen LogP contribution in [0.2, 0.25) is 0 Å². The quantitative estimate of drug-likeness (QED) is 0.780. The zero-order chi connectivity index (χ0) is 12.1. The molecule has 4 nitrogen and oxygen atoms in total. The van der Waals surface area contributed by atoms with Gasteiger partial charge >= 0.3 is 0 Å². The summed E-state index contributed by atoms with van der Waals surface area (Å²) in [4.78, 5) is 0. The van der Waals surface area contributed by atoms with Gasteiger partial charge in [0.1, 0.15) is 11.5 Å². The second kappa shape index (κ2) is 5.45. The van der Waals surface area contributed by atoms with Crippen LogP contribution in [0, 0.1) is 5.82 Å². The molecule has 1 heterocycles. The number of hydrogen-bond donors (Lipinski definition) is 2. The summed E-state index contributed by atoms with van der Waals surface area (Å²) in [5, 5.41) is 6.91. The number of anilines is 1. The SMILES string of the molecule is NCCCNc1cnoc1-c1ccc(F)cc1. The molecule has 0 unspecified atom stereocenters. The highest BCUT2D eigenvalue weighted by Gasteiger charge is 2.09. The first kappa shape index (κ1) is 11.6. The molecule has 0 spiro atoms. The highest BCUT2D eigenvalue weighted by atomic mass is 19.1. The molecule has 3 N–H and O–H groups in total. The predicted molar refractivity (Wildman–Crippen MR) is 64.1 cm³/mol. The topological polar surface area (TPSA) is 64.1 Å². The first-order chi connectivity index (χ1) is 8.31. The molecule has 5 heteroatoms. The number of nitrogens with two attached hydrogens (primary N) is 1. The van der Waals surface area contributed by atoms with Crippen molar-refractivity contribution in [3.8, 4) is 11.3 Å². The van der Waals surface area contributed by atoms with Crippen LogP contribution in [0.3, 0.4) is 0 Å². The minimum Gasteiger partial charge on any atom is -0.381 e. The molecule has 0 aliphatic heterocycles. The van der Waals surface area contributed by atoms with Crippen LogP contribution in [-0.4, -0.2) is 18.2 Å². The van der Waals surface area contributed by atoms with Gasteiger partial charge in [0.05, 0.1) is 6.20 Å². The first-order valence-corrected chi connectivity index (χ1v) is 5.46. The summed E-state index contributed by atoms with van der Waals surface area (Å²) >= 11 is 0. The van der Waals surface area contributed by atoms with Crippen molar-refractivity contribution in [2.75, 3.05) is 18.4 Å². The summed E-state index contributed by atoms with van der Waals surface area (Å²) < 4.78 is 18.0. The van der Waals surface area contributed by atoms with Crippen LogP contribution in [0.4, 0.5) is 10.1 Å². The van der Waals surface area contributed by atoms with Crippen molar-refractivity contribution in [2.45, 2.75) is 6.42 Å². The maximum Gasteiger partial charge on any atom is 0.189 e. The van der Waals surface area contributed by atoms with Gasteiger partial charge in [0.2, 0.25) is 0 Å². The van der Waals surface area contributed by atoms with Gasteiger partial charge in [-0.25, -0.2) is 4.39 Å². The standard InChI is InChI=1S/C12H14FN3O/c13-10-4-2-9(3-5-10)12-11(8-16-17-12)15-7-1-6-14/h2-5,8,15H,1,6-7,14H2. The van der Waals surface area contributed by atoms with Crippen LogP contribution < -0.4 is 11.1 Å². The zero-order valence-corrected chi connectivity index (χ0v) is 9.32. The summed E-state index contributed by atoms with van der Waals surface area (Å²) in [5.41, 5.74) is 7.00. The van der Waals surface area contributed by atoms with Gasteiger partial charge in [-0.1, -0.05) is 5.16 Å². The lowest BCUT2D eigenvalue weighted by atomic mass is 10.1. The summed E-state index contributed by atoms with van der Waals surface area (Å²) in [6.07, 6.45) is 2.48. The molecule has 0 fully saturated rings. The van der Waals surface area contributed by atoms with E-state index in [4.69, 9.17) is 10.3 Å². The minimum absolute atomic E-state index is 0.272. The van der Waals surface area contributed by atoms with Gasteiger partial charge in [-0.2, -0.15) is 0 Å². The van der Waals surface area contributed by atoms with Crippen molar-refractivity contribution >= 4 is 5.69 Å². The van der Waals surface area contributed by atoms with Gasteiger partial charge < -0.3 is 15.6 Å². The van der Waals surface area contributed by atoms with E-state index in [1.165, 1.54) is 12.1 Å². The Bertz CT molecular complexity index is 467. The lowest BCUT2D eigenvalue weighted by Crippen LogP contribution is -2.08. The van der Waals surface area contributed by atoms with E-state index in [0.29, 0.717) is 12.3 Å². The molecule has 0 bridgehead atoms. The van der Waals surface area contributed by atoms with E-state index in [0.717, 1.165) is 24.2 Å². The summed E-state index contributed by atoms with van der Waals surface area (Å²) in [7, 11) is 0. The number of benzene rings is 1. The summed E-state index contributed by atoms with van der Waals surface area (Å²) in [6, 6.07) is 6.09. The summed E-state index contributed by atoms with van der Waals surface area (Å²) in [5.74, 6) is 0.341. The van der Waals surface area contributed by atoms with Gasteiger partial charge in [0.15, 0.2) is 5.76 Å². The molecule has 90 valence electrons. The number of aromatic nitrogens is 1. The van der Waals surface area contributed by atoms with Crippen molar-refractivity contribution in [1.29, 1.82) is 0 Å². The van der Waals surface area contributed by atoms with Gasteiger partial charge in [-0.15, -0.1) is 0 Å².